The van der Waals surface area contributed by atoms with Crippen molar-refractivity contribution >= 4 is 17.6 Å². The van der Waals surface area contributed by atoms with Crippen molar-refractivity contribution in [1.82, 2.24) is 10.6 Å². The van der Waals surface area contributed by atoms with Crippen molar-refractivity contribution in [2.45, 2.75) is 32.6 Å². The summed E-state index contributed by atoms with van der Waals surface area (Å²) in [7, 11) is 0. The van der Waals surface area contributed by atoms with Crippen molar-refractivity contribution in [1.29, 1.82) is 0 Å². The number of nitrogens with one attached hydrogen (secondary N) is 3. The topological polar surface area (TPSA) is 91.5 Å². The fraction of sp³-hybridized carbons (Fsp3) is 0.300. The predicted molar refractivity (Wildman–Crippen MR) is 105 cm³/mol. The van der Waals surface area contributed by atoms with Crippen molar-refractivity contribution in [3.63, 3.8) is 0 Å². The third-order valence-electron chi connectivity index (χ3n) is 4.61. The molecule has 2 aromatic rings. The van der Waals surface area contributed by atoms with Crippen LogP contribution >= 0.6 is 0 Å². The lowest BCUT2D eigenvalue weighted by atomic mass is 9.91. The monoisotopic (exact) mass is 351 g/mol. The molecule has 1 aliphatic rings. The van der Waals surface area contributed by atoms with Crippen LogP contribution in [0.15, 0.2) is 59.6 Å². The van der Waals surface area contributed by atoms with Gasteiger partial charge in [0.15, 0.2) is 12.2 Å². The third-order valence-corrected chi connectivity index (χ3v) is 4.61. The first-order valence-corrected chi connectivity index (χ1v) is 8.79. The number of anilines is 1. The summed E-state index contributed by atoms with van der Waals surface area (Å²) in [6.45, 7) is 3.99. The van der Waals surface area contributed by atoms with E-state index in [0.717, 1.165) is 16.8 Å². The van der Waals surface area contributed by atoms with Crippen LogP contribution in [0.4, 0.5) is 5.69 Å². The van der Waals surface area contributed by atoms with E-state index < -0.39 is 6.29 Å². The summed E-state index contributed by atoms with van der Waals surface area (Å²) >= 11 is 0. The van der Waals surface area contributed by atoms with Gasteiger partial charge in [0.2, 0.25) is 5.91 Å². The molecule has 2 aromatic carbocycles. The molecule has 1 saturated heterocycles. The molecule has 0 bridgehead atoms. The van der Waals surface area contributed by atoms with Crippen molar-refractivity contribution in [2.24, 2.45) is 16.6 Å². The van der Waals surface area contributed by atoms with Crippen LogP contribution in [0.2, 0.25) is 0 Å². The number of aryl methyl sites for hydroxylation is 1. The molecular weight excluding hydrogens is 326 g/mol. The summed E-state index contributed by atoms with van der Waals surface area (Å²) in [6, 6.07) is 17.8. The normalized spacial score (nSPS) is 23.4. The first-order chi connectivity index (χ1) is 12.5. The Hall–Kier alpha value is -2.86. The zero-order valence-corrected chi connectivity index (χ0v) is 15.1. The molecule has 1 fully saturated rings. The number of para-hydroxylation sites is 1. The van der Waals surface area contributed by atoms with Crippen LogP contribution in [-0.4, -0.2) is 24.2 Å². The molecule has 0 radical (unpaired) electrons. The minimum absolute atomic E-state index is 0.0102. The Balaban J connectivity index is 1.63. The molecule has 0 aromatic heterocycles. The number of guanidine groups is 1. The van der Waals surface area contributed by atoms with E-state index in [-0.39, 0.29) is 23.8 Å². The van der Waals surface area contributed by atoms with Crippen LogP contribution < -0.4 is 21.7 Å². The Morgan fingerprint density at radius 1 is 1.15 bits per heavy atom. The van der Waals surface area contributed by atoms with Gasteiger partial charge in [0.25, 0.3) is 0 Å². The van der Waals surface area contributed by atoms with Crippen molar-refractivity contribution in [3.8, 4) is 0 Å². The number of nitrogens with two attached hydrogens (primary N) is 1. The smallest absolute Gasteiger partial charge is 0.227 e. The second-order valence-corrected chi connectivity index (χ2v) is 6.62. The molecule has 3 atom stereocenters. The standard InChI is InChI=1S/C20H25N5O/c1-13-8-6-7-11-17(13)23-19(21)25-20-22-14(2)16(18(26)24-20)12-15-9-4-3-5-10-15/h3-11,14,16,20,22H,12H2,1-2H3,(H,24,26)(H3,21,23,25). The number of benzene rings is 2. The second-order valence-electron chi connectivity index (χ2n) is 6.62. The molecule has 6 heteroatoms. The highest BCUT2D eigenvalue weighted by molar-refractivity contribution is 5.93. The predicted octanol–water partition coefficient (Wildman–Crippen LogP) is 1.97. The Labute approximate surface area is 153 Å². The molecule has 0 saturated carbocycles. The summed E-state index contributed by atoms with van der Waals surface area (Å²) in [5, 5.41) is 9.27. The Morgan fingerprint density at radius 3 is 2.54 bits per heavy atom. The highest BCUT2D eigenvalue weighted by Gasteiger charge is 2.33. The van der Waals surface area contributed by atoms with Gasteiger partial charge in [0.1, 0.15) is 0 Å². The fourth-order valence-corrected chi connectivity index (χ4v) is 3.11. The van der Waals surface area contributed by atoms with Gasteiger partial charge in [-0.15, -0.1) is 0 Å². The molecule has 0 spiro atoms. The van der Waals surface area contributed by atoms with Gasteiger partial charge >= 0.3 is 0 Å². The number of hydrogen-bond acceptors (Lipinski definition) is 3. The Bertz CT molecular complexity index is 790. The van der Waals surface area contributed by atoms with Crippen molar-refractivity contribution in [2.75, 3.05) is 5.32 Å². The van der Waals surface area contributed by atoms with Gasteiger partial charge in [-0.05, 0) is 37.5 Å². The average molecular weight is 351 g/mol. The largest absolute Gasteiger partial charge is 0.370 e. The number of carbonyl (C=O) groups excluding carboxylic acids is 1. The molecule has 136 valence electrons. The molecule has 3 rings (SSSR count). The van der Waals surface area contributed by atoms with E-state index in [1.54, 1.807) is 0 Å². The summed E-state index contributed by atoms with van der Waals surface area (Å²) in [5.74, 6) is 0.0951. The van der Waals surface area contributed by atoms with E-state index in [1.165, 1.54) is 0 Å². The maximum absolute atomic E-state index is 12.5. The van der Waals surface area contributed by atoms with Crippen LogP contribution in [0.25, 0.3) is 0 Å². The van der Waals surface area contributed by atoms with E-state index >= 15 is 0 Å². The van der Waals surface area contributed by atoms with Gasteiger partial charge in [-0.3, -0.25) is 10.1 Å². The highest BCUT2D eigenvalue weighted by atomic mass is 16.2. The quantitative estimate of drug-likeness (QED) is 0.501. The minimum atomic E-state index is -0.541. The summed E-state index contributed by atoms with van der Waals surface area (Å²) in [6.07, 6.45) is 0.148. The Morgan fingerprint density at radius 2 is 1.85 bits per heavy atom. The average Bonchev–Trinajstić information content (AvgIpc) is 2.61. The van der Waals surface area contributed by atoms with Gasteiger partial charge in [-0.25, -0.2) is 4.99 Å². The summed E-state index contributed by atoms with van der Waals surface area (Å²) < 4.78 is 0. The lowest BCUT2D eigenvalue weighted by Gasteiger charge is -2.34. The maximum atomic E-state index is 12.5. The van der Waals surface area contributed by atoms with Gasteiger partial charge in [0, 0.05) is 11.7 Å². The van der Waals surface area contributed by atoms with Crippen molar-refractivity contribution < 1.29 is 4.79 Å². The molecule has 1 heterocycles. The maximum Gasteiger partial charge on any atom is 0.227 e. The number of rotatable bonds is 4. The second kappa shape index (κ2) is 8.01. The van der Waals surface area contributed by atoms with E-state index in [2.05, 4.69) is 20.9 Å². The number of hydrogen-bond donors (Lipinski definition) is 4. The van der Waals surface area contributed by atoms with Crippen LogP contribution in [0.5, 0.6) is 0 Å². The number of carbonyl (C=O) groups is 1. The summed E-state index contributed by atoms with van der Waals surface area (Å²) in [4.78, 5) is 16.9. The molecule has 1 amide bonds. The minimum Gasteiger partial charge on any atom is -0.370 e. The van der Waals surface area contributed by atoms with E-state index in [0.29, 0.717) is 6.42 Å². The zero-order valence-electron chi connectivity index (χ0n) is 15.1. The molecule has 26 heavy (non-hydrogen) atoms. The first kappa shape index (κ1) is 17.9. The number of amides is 1. The molecular formula is C20H25N5O. The van der Waals surface area contributed by atoms with Crippen LogP contribution in [0.3, 0.4) is 0 Å². The molecule has 3 unspecified atom stereocenters. The molecule has 5 N–H and O–H groups in total. The van der Waals surface area contributed by atoms with Crippen molar-refractivity contribution in [3.05, 3.63) is 65.7 Å². The zero-order chi connectivity index (χ0) is 18.5. The van der Waals surface area contributed by atoms with E-state index in [1.807, 2.05) is 68.4 Å². The van der Waals surface area contributed by atoms with Gasteiger partial charge < -0.3 is 16.4 Å². The van der Waals surface area contributed by atoms with Gasteiger partial charge in [0.05, 0.1) is 5.92 Å². The molecule has 1 aliphatic heterocycles. The van der Waals surface area contributed by atoms with E-state index in [9.17, 15) is 4.79 Å². The fourth-order valence-electron chi connectivity index (χ4n) is 3.11. The van der Waals surface area contributed by atoms with E-state index in [4.69, 9.17) is 5.73 Å². The van der Waals surface area contributed by atoms with Gasteiger partial charge in [-0.1, -0.05) is 48.5 Å². The molecule has 0 aliphatic carbocycles. The third kappa shape index (κ3) is 4.40. The summed E-state index contributed by atoms with van der Waals surface area (Å²) in [5.41, 5.74) is 9.11. The Kier molecular flexibility index (Phi) is 5.53. The lowest BCUT2D eigenvalue weighted by Crippen LogP contribution is -2.60. The first-order valence-electron chi connectivity index (χ1n) is 8.79. The lowest BCUT2D eigenvalue weighted by molar-refractivity contribution is -0.129. The molecule has 6 nitrogen and oxygen atoms in total. The number of nitrogens with zero attached hydrogens (tertiary/aromatic N) is 1. The highest BCUT2D eigenvalue weighted by Crippen LogP contribution is 2.17. The van der Waals surface area contributed by atoms with Gasteiger partial charge in [-0.2, -0.15) is 0 Å². The van der Waals surface area contributed by atoms with Crippen LogP contribution in [-0.2, 0) is 11.2 Å². The number of aliphatic imine (C=N–C) groups is 1. The SMILES string of the molecule is Cc1ccccc1N/C(N)=N/C1NC(=O)C(Cc2ccccc2)C(C)N1. The van der Waals surface area contributed by atoms with Crippen LogP contribution in [0.1, 0.15) is 18.1 Å². The van der Waals surface area contributed by atoms with Crippen LogP contribution in [0, 0.1) is 12.8 Å².